The number of nitrogens with one attached hydrogen (secondary N) is 2. The summed E-state index contributed by atoms with van der Waals surface area (Å²) in [7, 11) is 1.62. The third-order valence-electron chi connectivity index (χ3n) is 4.14. The molecule has 1 atom stereocenters. The van der Waals surface area contributed by atoms with E-state index in [-0.39, 0.29) is 12.1 Å². The Morgan fingerprint density at radius 3 is 2.85 bits per heavy atom. The number of ether oxygens (including phenoxy) is 3. The number of urea groups is 1. The topological polar surface area (TPSA) is 68.8 Å². The van der Waals surface area contributed by atoms with Crippen molar-refractivity contribution in [3.8, 4) is 11.5 Å². The lowest BCUT2D eigenvalue weighted by molar-refractivity contribution is 0.0680. The van der Waals surface area contributed by atoms with Crippen LogP contribution < -0.4 is 20.1 Å². The molecule has 0 radical (unpaired) electrons. The summed E-state index contributed by atoms with van der Waals surface area (Å²) in [5, 5.41) is 5.65. The molecule has 2 N–H and O–H groups in total. The number of methoxy groups -OCH3 is 1. The zero-order chi connectivity index (χ0) is 18.2. The number of hydrogen-bond acceptors (Lipinski definition) is 4. The van der Waals surface area contributed by atoms with Crippen molar-refractivity contribution < 1.29 is 19.0 Å². The van der Waals surface area contributed by atoms with Crippen LogP contribution in [-0.2, 0) is 11.3 Å². The zero-order valence-corrected chi connectivity index (χ0v) is 14.9. The predicted molar refractivity (Wildman–Crippen MR) is 99.8 cm³/mol. The Balaban J connectivity index is 1.48. The molecule has 2 amide bonds. The molecule has 1 aliphatic heterocycles. The molecule has 0 spiro atoms. The van der Waals surface area contributed by atoms with E-state index in [4.69, 9.17) is 14.2 Å². The molecule has 2 aromatic carbocycles. The van der Waals surface area contributed by atoms with Crippen molar-refractivity contribution in [2.45, 2.75) is 25.5 Å². The van der Waals surface area contributed by atoms with Crippen molar-refractivity contribution in [2.75, 3.05) is 25.6 Å². The van der Waals surface area contributed by atoms with Crippen LogP contribution in [0.3, 0.4) is 0 Å². The summed E-state index contributed by atoms with van der Waals surface area (Å²) >= 11 is 0. The molecule has 0 aromatic heterocycles. The Labute approximate surface area is 153 Å². The first kappa shape index (κ1) is 18.1. The molecule has 0 saturated carbocycles. The van der Waals surface area contributed by atoms with Crippen LogP contribution in [-0.4, -0.2) is 32.5 Å². The van der Waals surface area contributed by atoms with E-state index in [1.54, 1.807) is 13.2 Å². The molecule has 2 aromatic rings. The lowest BCUT2D eigenvalue weighted by Crippen LogP contribution is -2.28. The highest BCUT2D eigenvalue weighted by molar-refractivity contribution is 5.89. The summed E-state index contributed by atoms with van der Waals surface area (Å²) in [5.41, 5.74) is 1.64. The number of anilines is 1. The van der Waals surface area contributed by atoms with Crippen molar-refractivity contribution in [2.24, 2.45) is 0 Å². The molecule has 1 unspecified atom stereocenters. The predicted octanol–water partition coefficient (Wildman–Crippen LogP) is 3.57. The molecule has 3 rings (SSSR count). The highest BCUT2D eigenvalue weighted by atomic mass is 16.5. The largest absolute Gasteiger partial charge is 0.497 e. The van der Waals surface area contributed by atoms with Gasteiger partial charge in [-0.2, -0.15) is 0 Å². The molecule has 1 fully saturated rings. The van der Waals surface area contributed by atoms with Gasteiger partial charge in [-0.25, -0.2) is 4.79 Å². The lowest BCUT2D eigenvalue weighted by Gasteiger charge is -2.13. The van der Waals surface area contributed by atoms with Crippen LogP contribution in [0.15, 0.2) is 48.5 Å². The van der Waals surface area contributed by atoms with Crippen molar-refractivity contribution in [1.29, 1.82) is 0 Å². The van der Waals surface area contributed by atoms with Gasteiger partial charge in [0.05, 0.1) is 13.2 Å². The average Bonchev–Trinajstić information content (AvgIpc) is 3.19. The van der Waals surface area contributed by atoms with Gasteiger partial charge in [0.15, 0.2) is 0 Å². The number of carbonyl (C=O) groups excluding carboxylic acids is 1. The number of benzene rings is 2. The maximum absolute atomic E-state index is 12.1. The fraction of sp³-hybridized carbons (Fsp3) is 0.350. The van der Waals surface area contributed by atoms with Crippen molar-refractivity contribution in [1.82, 2.24) is 5.32 Å². The zero-order valence-electron chi connectivity index (χ0n) is 14.9. The van der Waals surface area contributed by atoms with Gasteiger partial charge in [0.1, 0.15) is 18.1 Å². The minimum absolute atomic E-state index is 0.165. The first-order valence-corrected chi connectivity index (χ1v) is 8.75. The standard InChI is InChI=1S/C20H24N2O4/c1-24-17-7-2-5-15(11-17)13-21-20(23)22-16-6-3-8-18(12-16)26-14-19-9-4-10-25-19/h2-3,5-8,11-12,19H,4,9-10,13-14H2,1H3,(H2,21,22,23). The van der Waals surface area contributed by atoms with Gasteiger partial charge in [0.2, 0.25) is 0 Å². The number of hydrogen-bond donors (Lipinski definition) is 2. The first-order valence-electron chi connectivity index (χ1n) is 8.75. The number of carbonyl (C=O) groups is 1. The van der Waals surface area contributed by atoms with Crippen LogP contribution >= 0.6 is 0 Å². The highest BCUT2D eigenvalue weighted by Gasteiger charge is 2.16. The smallest absolute Gasteiger partial charge is 0.319 e. The van der Waals surface area contributed by atoms with Gasteiger partial charge in [0, 0.05) is 24.9 Å². The molecule has 1 aliphatic rings. The molecule has 1 heterocycles. The first-order chi connectivity index (χ1) is 12.7. The van der Waals surface area contributed by atoms with Crippen molar-refractivity contribution in [3.05, 3.63) is 54.1 Å². The molecule has 26 heavy (non-hydrogen) atoms. The van der Waals surface area contributed by atoms with Gasteiger partial charge in [-0.15, -0.1) is 0 Å². The van der Waals surface area contributed by atoms with Crippen LogP contribution in [0.5, 0.6) is 11.5 Å². The minimum Gasteiger partial charge on any atom is -0.497 e. The average molecular weight is 356 g/mol. The lowest BCUT2D eigenvalue weighted by atomic mass is 10.2. The van der Waals surface area contributed by atoms with Crippen LogP contribution in [0, 0.1) is 0 Å². The van der Waals surface area contributed by atoms with E-state index in [9.17, 15) is 4.79 Å². The summed E-state index contributed by atoms with van der Waals surface area (Å²) in [5.74, 6) is 1.48. The molecule has 1 saturated heterocycles. The van der Waals surface area contributed by atoms with Gasteiger partial charge in [-0.05, 0) is 42.7 Å². The molecule has 6 heteroatoms. The van der Waals surface area contributed by atoms with E-state index in [1.807, 2.05) is 42.5 Å². The van der Waals surface area contributed by atoms with Crippen LogP contribution in [0.25, 0.3) is 0 Å². The van der Waals surface area contributed by atoms with E-state index in [0.717, 1.165) is 30.8 Å². The molecule has 138 valence electrons. The minimum atomic E-state index is -0.274. The third-order valence-corrected chi connectivity index (χ3v) is 4.14. The molecular weight excluding hydrogens is 332 g/mol. The summed E-state index contributed by atoms with van der Waals surface area (Å²) in [6, 6.07) is 14.7. The molecule has 0 aliphatic carbocycles. The summed E-state index contributed by atoms with van der Waals surface area (Å²) < 4.78 is 16.5. The van der Waals surface area contributed by atoms with E-state index < -0.39 is 0 Å². The van der Waals surface area contributed by atoms with E-state index in [0.29, 0.717) is 24.6 Å². The maximum atomic E-state index is 12.1. The summed E-state index contributed by atoms with van der Waals surface area (Å²) in [4.78, 5) is 12.1. The second-order valence-corrected chi connectivity index (χ2v) is 6.13. The highest BCUT2D eigenvalue weighted by Crippen LogP contribution is 2.19. The Hall–Kier alpha value is -2.73. The van der Waals surface area contributed by atoms with Crippen LogP contribution in [0.4, 0.5) is 10.5 Å². The number of amides is 2. The van der Waals surface area contributed by atoms with Gasteiger partial charge in [0.25, 0.3) is 0 Å². The third kappa shape index (κ3) is 5.39. The summed E-state index contributed by atoms with van der Waals surface area (Å²) in [6.45, 7) is 1.76. The Morgan fingerprint density at radius 2 is 2.04 bits per heavy atom. The van der Waals surface area contributed by atoms with Crippen molar-refractivity contribution in [3.63, 3.8) is 0 Å². The van der Waals surface area contributed by atoms with Gasteiger partial charge in [-0.1, -0.05) is 18.2 Å². The normalized spacial score (nSPS) is 16.1. The SMILES string of the molecule is COc1cccc(CNC(=O)Nc2cccc(OCC3CCCO3)c2)c1. The van der Waals surface area contributed by atoms with E-state index >= 15 is 0 Å². The Kier molecular flexibility index (Phi) is 6.33. The van der Waals surface area contributed by atoms with Crippen molar-refractivity contribution >= 4 is 11.7 Å². The van der Waals surface area contributed by atoms with E-state index in [1.165, 1.54) is 0 Å². The second-order valence-electron chi connectivity index (χ2n) is 6.13. The fourth-order valence-electron chi connectivity index (χ4n) is 2.77. The van der Waals surface area contributed by atoms with Gasteiger partial charge < -0.3 is 24.8 Å². The number of rotatable bonds is 7. The maximum Gasteiger partial charge on any atom is 0.319 e. The fourth-order valence-corrected chi connectivity index (χ4v) is 2.77. The molecule has 0 bridgehead atoms. The van der Waals surface area contributed by atoms with Crippen LogP contribution in [0.1, 0.15) is 18.4 Å². The second kappa shape index (κ2) is 9.10. The quantitative estimate of drug-likeness (QED) is 0.796. The summed E-state index contributed by atoms with van der Waals surface area (Å²) in [6.07, 6.45) is 2.28. The molecular formula is C20H24N2O4. The van der Waals surface area contributed by atoms with Gasteiger partial charge in [-0.3, -0.25) is 0 Å². The Bertz CT molecular complexity index is 729. The van der Waals surface area contributed by atoms with E-state index in [2.05, 4.69) is 10.6 Å². The monoisotopic (exact) mass is 356 g/mol. The Morgan fingerprint density at radius 1 is 1.19 bits per heavy atom. The molecule has 6 nitrogen and oxygen atoms in total. The van der Waals surface area contributed by atoms with Gasteiger partial charge >= 0.3 is 6.03 Å². The van der Waals surface area contributed by atoms with Crippen LogP contribution in [0.2, 0.25) is 0 Å².